The van der Waals surface area contributed by atoms with Gasteiger partial charge in [-0.3, -0.25) is 0 Å². The average molecular weight is 265 g/mol. The molecule has 0 saturated carbocycles. The minimum atomic E-state index is -4.70. The van der Waals surface area contributed by atoms with Gasteiger partial charge >= 0.3 is 6.18 Å². The van der Waals surface area contributed by atoms with Crippen molar-refractivity contribution >= 4 is 0 Å². The minimum absolute atomic E-state index is 0.0158. The fourth-order valence-corrected chi connectivity index (χ4v) is 1.35. The van der Waals surface area contributed by atoms with Gasteiger partial charge in [-0.05, 0) is 31.2 Å². The molecule has 0 atom stereocenters. The van der Waals surface area contributed by atoms with Gasteiger partial charge in [0.25, 0.3) is 0 Å². The van der Waals surface area contributed by atoms with Gasteiger partial charge in [0.05, 0.1) is 5.56 Å². The Morgan fingerprint density at radius 2 is 1.94 bits per heavy atom. The van der Waals surface area contributed by atoms with Crippen molar-refractivity contribution in [3.05, 3.63) is 29.6 Å². The average Bonchev–Trinajstić information content (AvgIpc) is 2.29. The first kappa shape index (κ1) is 14.8. The number of hydrogen-bond acceptors (Lipinski definition) is 2. The van der Waals surface area contributed by atoms with Crippen LogP contribution in [0.4, 0.5) is 17.6 Å². The zero-order chi connectivity index (χ0) is 13.6. The van der Waals surface area contributed by atoms with Crippen LogP contribution in [0, 0.1) is 5.82 Å². The molecule has 0 aliphatic rings. The van der Waals surface area contributed by atoms with E-state index in [0.29, 0.717) is 12.6 Å². The molecular formula is C12H15F4NO. The van der Waals surface area contributed by atoms with Crippen molar-refractivity contribution in [1.82, 2.24) is 5.32 Å². The third kappa shape index (κ3) is 4.52. The summed E-state index contributed by atoms with van der Waals surface area (Å²) in [4.78, 5) is 0. The molecule has 0 bridgehead atoms. The lowest BCUT2D eigenvalue weighted by molar-refractivity contribution is -0.140. The van der Waals surface area contributed by atoms with Crippen LogP contribution in [0.15, 0.2) is 18.2 Å². The molecule has 18 heavy (non-hydrogen) atoms. The van der Waals surface area contributed by atoms with Crippen molar-refractivity contribution in [2.24, 2.45) is 0 Å². The molecule has 0 spiro atoms. The van der Waals surface area contributed by atoms with E-state index in [-0.39, 0.29) is 12.4 Å². The van der Waals surface area contributed by atoms with Gasteiger partial charge < -0.3 is 10.1 Å². The van der Waals surface area contributed by atoms with Crippen LogP contribution in [0.3, 0.4) is 0 Å². The molecule has 0 aromatic heterocycles. The first-order chi connectivity index (χ1) is 8.45. The maximum absolute atomic E-state index is 13.0. The van der Waals surface area contributed by atoms with Crippen molar-refractivity contribution in [3.63, 3.8) is 0 Å². The van der Waals surface area contributed by atoms with Crippen molar-refractivity contribution in [3.8, 4) is 5.75 Å². The van der Waals surface area contributed by atoms with Crippen LogP contribution in [-0.2, 0) is 6.18 Å². The van der Waals surface area contributed by atoms with Crippen LogP contribution >= 0.6 is 0 Å². The van der Waals surface area contributed by atoms with Crippen LogP contribution < -0.4 is 10.1 Å². The molecule has 0 heterocycles. The monoisotopic (exact) mass is 265 g/mol. The fraction of sp³-hybridized carbons (Fsp3) is 0.500. The van der Waals surface area contributed by atoms with Crippen molar-refractivity contribution in [2.45, 2.75) is 19.5 Å². The predicted octanol–water partition coefficient (Wildman–Crippen LogP) is 3.22. The molecule has 0 unspecified atom stereocenters. The zero-order valence-corrected chi connectivity index (χ0v) is 9.98. The second-order valence-electron chi connectivity index (χ2n) is 3.74. The second-order valence-corrected chi connectivity index (χ2v) is 3.74. The molecule has 1 aromatic rings. The van der Waals surface area contributed by atoms with E-state index in [1.54, 1.807) is 0 Å². The molecule has 2 nitrogen and oxygen atoms in total. The van der Waals surface area contributed by atoms with Crippen LogP contribution in [0.25, 0.3) is 0 Å². The number of rotatable bonds is 6. The number of halogens is 4. The predicted molar refractivity (Wildman–Crippen MR) is 60.1 cm³/mol. The zero-order valence-electron chi connectivity index (χ0n) is 9.98. The Balaban J connectivity index is 2.57. The van der Waals surface area contributed by atoms with E-state index < -0.39 is 17.6 Å². The van der Waals surface area contributed by atoms with Crippen LogP contribution in [-0.4, -0.2) is 19.7 Å². The van der Waals surface area contributed by atoms with Gasteiger partial charge in [-0.25, -0.2) is 4.39 Å². The summed E-state index contributed by atoms with van der Waals surface area (Å²) in [7, 11) is 0. The highest BCUT2D eigenvalue weighted by atomic mass is 19.4. The molecule has 0 amide bonds. The van der Waals surface area contributed by atoms with Crippen molar-refractivity contribution < 1.29 is 22.3 Å². The summed E-state index contributed by atoms with van der Waals surface area (Å²) in [5, 5.41) is 3.04. The molecule has 1 rings (SSSR count). The highest BCUT2D eigenvalue weighted by Gasteiger charge is 2.34. The molecule has 0 saturated heterocycles. The van der Waals surface area contributed by atoms with Crippen LogP contribution in [0.2, 0.25) is 0 Å². The van der Waals surface area contributed by atoms with E-state index in [4.69, 9.17) is 4.74 Å². The van der Waals surface area contributed by atoms with Gasteiger partial charge in [-0.1, -0.05) is 6.92 Å². The lowest BCUT2D eigenvalue weighted by atomic mass is 10.2. The first-order valence-electron chi connectivity index (χ1n) is 5.65. The Hall–Kier alpha value is -1.30. The molecule has 102 valence electrons. The van der Waals surface area contributed by atoms with E-state index in [9.17, 15) is 17.6 Å². The molecule has 0 fully saturated rings. The van der Waals surface area contributed by atoms with Gasteiger partial charge in [0, 0.05) is 6.54 Å². The highest BCUT2D eigenvalue weighted by molar-refractivity contribution is 5.31. The third-order valence-electron chi connectivity index (χ3n) is 2.22. The summed E-state index contributed by atoms with van der Waals surface area (Å²) < 4.78 is 55.3. The molecule has 6 heteroatoms. The molecule has 0 radical (unpaired) electrons. The van der Waals surface area contributed by atoms with Crippen LogP contribution in [0.5, 0.6) is 5.75 Å². The Bertz CT molecular complexity index is 379. The van der Waals surface area contributed by atoms with E-state index in [1.165, 1.54) is 6.07 Å². The molecular weight excluding hydrogens is 250 g/mol. The smallest absolute Gasteiger partial charge is 0.419 e. The van der Waals surface area contributed by atoms with E-state index in [2.05, 4.69) is 5.32 Å². The highest BCUT2D eigenvalue weighted by Crippen LogP contribution is 2.33. The lowest BCUT2D eigenvalue weighted by Gasteiger charge is -2.11. The Labute approximate surface area is 103 Å². The summed E-state index contributed by atoms with van der Waals surface area (Å²) in [6, 6.07) is 2.62. The SMILES string of the molecule is CCCNCCOc1ccc(F)c(C(F)(F)F)c1. The maximum Gasteiger partial charge on any atom is 0.419 e. The summed E-state index contributed by atoms with van der Waals surface area (Å²) in [5.74, 6) is -1.28. The molecule has 1 aromatic carbocycles. The van der Waals surface area contributed by atoms with Crippen LogP contribution in [0.1, 0.15) is 18.9 Å². The third-order valence-corrected chi connectivity index (χ3v) is 2.22. The fourth-order valence-electron chi connectivity index (χ4n) is 1.35. The van der Waals surface area contributed by atoms with Gasteiger partial charge in [0.2, 0.25) is 0 Å². The van der Waals surface area contributed by atoms with Gasteiger partial charge in [0.1, 0.15) is 18.2 Å². The summed E-state index contributed by atoms with van der Waals surface area (Å²) in [5.41, 5.74) is -1.30. The largest absolute Gasteiger partial charge is 0.492 e. The maximum atomic E-state index is 13.0. The van der Waals surface area contributed by atoms with E-state index in [0.717, 1.165) is 19.0 Å². The number of benzene rings is 1. The molecule has 0 aliphatic carbocycles. The topological polar surface area (TPSA) is 21.3 Å². The second kappa shape index (κ2) is 6.58. The number of nitrogens with one attached hydrogen (secondary N) is 1. The number of hydrogen-bond donors (Lipinski definition) is 1. The lowest BCUT2D eigenvalue weighted by Crippen LogP contribution is -2.21. The van der Waals surface area contributed by atoms with Gasteiger partial charge in [-0.15, -0.1) is 0 Å². The standard InChI is InChI=1S/C12H15F4NO/c1-2-5-17-6-7-18-9-3-4-11(13)10(8-9)12(14,15)16/h3-4,8,17H,2,5-7H2,1H3. The number of alkyl halides is 3. The first-order valence-corrected chi connectivity index (χ1v) is 5.65. The Kier molecular flexibility index (Phi) is 5.40. The van der Waals surface area contributed by atoms with Gasteiger partial charge in [-0.2, -0.15) is 13.2 Å². The molecule has 1 N–H and O–H groups in total. The normalized spacial score (nSPS) is 11.6. The Morgan fingerprint density at radius 1 is 1.22 bits per heavy atom. The summed E-state index contributed by atoms with van der Waals surface area (Å²) in [6.45, 7) is 3.60. The molecule has 0 aliphatic heterocycles. The van der Waals surface area contributed by atoms with E-state index >= 15 is 0 Å². The Morgan fingerprint density at radius 3 is 2.56 bits per heavy atom. The summed E-state index contributed by atoms with van der Waals surface area (Å²) >= 11 is 0. The summed E-state index contributed by atoms with van der Waals surface area (Å²) in [6.07, 6.45) is -3.74. The quantitative estimate of drug-likeness (QED) is 0.630. The van der Waals surface area contributed by atoms with Crippen molar-refractivity contribution in [1.29, 1.82) is 0 Å². The number of ether oxygens (including phenoxy) is 1. The minimum Gasteiger partial charge on any atom is -0.492 e. The van der Waals surface area contributed by atoms with Gasteiger partial charge in [0.15, 0.2) is 0 Å². The van der Waals surface area contributed by atoms with E-state index in [1.807, 2.05) is 6.92 Å². The van der Waals surface area contributed by atoms with Crippen molar-refractivity contribution in [2.75, 3.05) is 19.7 Å².